The summed E-state index contributed by atoms with van der Waals surface area (Å²) in [7, 11) is 0. The van der Waals surface area contributed by atoms with Crippen LogP contribution in [-0.4, -0.2) is 38.2 Å². The first kappa shape index (κ1) is 20.0. The fraction of sp³-hybridized carbons (Fsp3) is 0.579. The highest BCUT2D eigenvalue weighted by Crippen LogP contribution is 2.20. The summed E-state index contributed by atoms with van der Waals surface area (Å²) in [5.41, 5.74) is 2.25. The zero-order valence-electron chi connectivity index (χ0n) is 15.2. The van der Waals surface area contributed by atoms with Gasteiger partial charge >= 0.3 is 11.9 Å². The van der Waals surface area contributed by atoms with E-state index in [0.717, 1.165) is 5.69 Å². The molecule has 0 heterocycles. The number of hydrogen-bond donors (Lipinski definition) is 0. The molecule has 0 atom stereocenters. The van der Waals surface area contributed by atoms with E-state index >= 15 is 0 Å². The van der Waals surface area contributed by atoms with E-state index in [-0.39, 0.29) is 11.9 Å². The Morgan fingerprint density at radius 1 is 0.917 bits per heavy atom. The Hall–Kier alpha value is -2.04. The van der Waals surface area contributed by atoms with Crippen LogP contribution in [0.15, 0.2) is 24.3 Å². The second-order valence-electron chi connectivity index (χ2n) is 5.84. The molecular weight excluding hydrogens is 306 g/mol. The Balaban J connectivity index is 2.74. The maximum absolute atomic E-state index is 11.6. The molecule has 0 radical (unpaired) electrons. The summed E-state index contributed by atoms with van der Waals surface area (Å²) in [4.78, 5) is 25.3. The molecule has 24 heavy (non-hydrogen) atoms. The summed E-state index contributed by atoms with van der Waals surface area (Å²) in [6, 6.07) is 8.24. The van der Waals surface area contributed by atoms with Crippen molar-refractivity contribution in [3.8, 4) is 0 Å². The molecule has 0 N–H and O–H groups in total. The molecule has 1 aromatic rings. The van der Waals surface area contributed by atoms with Crippen molar-refractivity contribution in [2.24, 2.45) is 0 Å². The third-order valence-corrected chi connectivity index (χ3v) is 3.71. The topological polar surface area (TPSA) is 55.8 Å². The standard InChI is InChI=1S/C19H29NO4/c1-5-23-18(21)11-13-20(14-12-19(22)24-6-2)17-9-7-16(8-10-17)15(3)4/h7-10,15H,5-6,11-14H2,1-4H3. The van der Waals surface area contributed by atoms with Crippen LogP contribution in [0.4, 0.5) is 5.69 Å². The summed E-state index contributed by atoms with van der Waals surface area (Å²) in [5.74, 6) is 0.0152. The van der Waals surface area contributed by atoms with Crippen molar-refractivity contribution >= 4 is 17.6 Å². The molecule has 0 unspecified atom stereocenters. The average Bonchev–Trinajstić information content (AvgIpc) is 2.55. The second kappa shape index (κ2) is 10.7. The van der Waals surface area contributed by atoms with Gasteiger partial charge in [-0.3, -0.25) is 9.59 Å². The van der Waals surface area contributed by atoms with Crippen molar-refractivity contribution in [1.82, 2.24) is 0 Å². The van der Waals surface area contributed by atoms with Gasteiger partial charge in [0.2, 0.25) is 0 Å². The smallest absolute Gasteiger partial charge is 0.307 e. The molecule has 0 aliphatic rings. The van der Waals surface area contributed by atoms with Crippen LogP contribution in [0, 0.1) is 0 Å². The fourth-order valence-electron chi connectivity index (χ4n) is 2.36. The lowest BCUT2D eigenvalue weighted by molar-refractivity contribution is -0.143. The van der Waals surface area contributed by atoms with Crippen molar-refractivity contribution in [2.75, 3.05) is 31.2 Å². The monoisotopic (exact) mass is 335 g/mol. The number of hydrogen-bond acceptors (Lipinski definition) is 5. The maximum Gasteiger partial charge on any atom is 0.307 e. The minimum absolute atomic E-state index is 0.225. The minimum atomic E-state index is -0.225. The van der Waals surface area contributed by atoms with Gasteiger partial charge in [0.15, 0.2) is 0 Å². The number of rotatable bonds is 10. The Morgan fingerprint density at radius 3 is 1.75 bits per heavy atom. The first-order valence-corrected chi connectivity index (χ1v) is 8.64. The van der Waals surface area contributed by atoms with Crippen LogP contribution >= 0.6 is 0 Å². The lowest BCUT2D eigenvalue weighted by atomic mass is 10.0. The van der Waals surface area contributed by atoms with Crippen LogP contribution in [0.1, 0.15) is 52.0 Å². The number of anilines is 1. The normalized spacial score (nSPS) is 10.5. The third kappa shape index (κ3) is 7.02. The van der Waals surface area contributed by atoms with Gasteiger partial charge in [-0.15, -0.1) is 0 Å². The number of nitrogens with zero attached hydrogens (tertiary/aromatic N) is 1. The van der Waals surface area contributed by atoms with E-state index in [1.807, 2.05) is 17.0 Å². The fourth-order valence-corrected chi connectivity index (χ4v) is 2.36. The number of ether oxygens (including phenoxy) is 2. The lowest BCUT2D eigenvalue weighted by Gasteiger charge is -2.24. The van der Waals surface area contributed by atoms with E-state index in [9.17, 15) is 9.59 Å². The van der Waals surface area contributed by atoms with Gasteiger partial charge in [-0.1, -0.05) is 26.0 Å². The maximum atomic E-state index is 11.6. The molecule has 0 fully saturated rings. The van der Waals surface area contributed by atoms with Crippen molar-refractivity contribution in [1.29, 1.82) is 0 Å². The van der Waals surface area contributed by atoms with Crippen molar-refractivity contribution in [3.63, 3.8) is 0 Å². The lowest BCUT2D eigenvalue weighted by Crippen LogP contribution is -2.29. The zero-order valence-corrected chi connectivity index (χ0v) is 15.2. The summed E-state index contributed by atoms with van der Waals surface area (Å²) < 4.78 is 9.97. The molecular formula is C19H29NO4. The highest BCUT2D eigenvalue weighted by molar-refractivity contribution is 5.71. The van der Waals surface area contributed by atoms with E-state index < -0.39 is 0 Å². The van der Waals surface area contributed by atoms with Crippen LogP contribution in [0.3, 0.4) is 0 Å². The van der Waals surface area contributed by atoms with Gasteiger partial charge in [0.05, 0.1) is 26.1 Å². The van der Waals surface area contributed by atoms with Crippen LogP contribution < -0.4 is 4.90 Å². The molecule has 1 rings (SSSR count). The van der Waals surface area contributed by atoms with E-state index in [1.165, 1.54) is 5.56 Å². The Labute approximate surface area is 144 Å². The van der Waals surface area contributed by atoms with Crippen LogP contribution in [0.25, 0.3) is 0 Å². The largest absolute Gasteiger partial charge is 0.466 e. The molecule has 1 aromatic carbocycles. The summed E-state index contributed by atoms with van der Waals surface area (Å²) in [5, 5.41) is 0. The zero-order chi connectivity index (χ0) is 17.9. The predicted octanol–water partition coefficient (Wildman–Crippen LogP) is 3.52. The van der Waals surface area contributed by atoms with Gasteiger partial charge in [0.1, 0.15) is 0 Å². The Kier molecular flexibility index (Phi) is 8.90. The second-order valence-corrected chi connectivity index (χ2v) is 5.84. The molecule has 0 aliphatic heterocycles. The molecule has 0 aromatic heterocycles. The average molecular weight is 335 g/mol. The molecule has 0 spiro atoms. The molecule has 0 saturated heterocycles. The Morgan fingerprint density at radius 2 is 1.38 bits per heavy atom. The molecule has 0 saturated carbocycles. The first-order valence-electron chi connectivity index (χ1n) is 8.64. The minimum Gasteiger partial charge on any atom is -0.466 e. The van der Waals surface area contributed by atoms with Gasteiger partial charge in [0.25, 0.3) is 0 Å². The number of esters is 2. The third-order valence-electron chi connectivity index (χ3n) is 3.71. The SMILES string of the molecule is CCOC(=O)CCN(CCC(=O)OCC)c1ccc(C(C)C)cc1. The van der Waals surface area contributed by atoms with Crippen LogP contribution in [0.5, 0.6) is 0 Å². The molecule has 134 valence electrons. The van der Waals surface area contributed by atoms with Gasteiger partial charge in [-0.2, -0.15) is 0 Å². The summed E-state index contributed by atoms with van der Waals surface area (Å²) >= 11 is 0. The van der Waals surface area contributed by atoms with Crippen molar-refractivity contribution in [3.05, 3.63) is 29.8 Å². The van der Waals surface area contributed by atoms with Crippen LogP contribution in [-0.2, 0) is 19.1 Å². The Bertz CT molecular complexity index is 489. The number of carbonyl (C=O) groups is 2. The molecule has 0 bridgehead atoms. The molecule has 0 aliphatic carbocycles. The quantitative estimate of drug-likeness (QED) is 0.612. The summed E-state index contributed by atoms with van der Waals surface area (Å²) in [6.45, 7) is 9.67. The van der Waals surface area contributed by atoms with E-state index in [0.29, 0.717) is 45.1 Å². The van der Waals surface area contributed by atoms with E-state index in [4.69, 9.17) is 9.47 Å². The van der Waals surface area contributed by atoms with Crippen molar-refractivity contribution in [2.45, 2.75) is 46.5 Å². The molecule has 5 nitrogen and oxygen atoms in total. The number of carbonyl (C=O) groups excluding carboxylic acids is 2. The highest BCUT2D eigenvalue weighted by atomic mass is 16.5. The van der Waals surface area contributed by atoms with E-state index in [1.54, 1.807) is 13.8 Å². The van der Waals surface area contributed by atoms with Crippen LogP contribution in [0.2, 0.25) is 0 Å². The van der Waals surface area contributed by atoms with Crippen molar-refractivity contribution < 1.29 is 19.1 Å². The van der Waals surface area contributed by atoms with Gasteiger partial charge in [0, 0.05) is 18.8 Å². The van der Waals surface area contributed by atoms with Gasteiger partial charge in [-0.25, -0.2) is 0 Å². The number of benzene rings is 1. The predicted molar refractivity (Wildman–Crippen MR) is 95.2 cm³/mol. The van der Waals surface area contributed by atoms with Gasteiger partial charge < -0.3 is 14.4 Å². The van der Waals surface area contributed by atoms with Gasteiger partial charge in [-0.05, 0) is 37.5 Å². The summed E-state index contributed by atoms with van der Waals surface area (Å²) in [6.07, 6.45) is 0.588. The highest BCUT2D eigenvalue weighted by Gasteiger charge is 2.13. The first-order chi connectivity index (χ1) is 11.5. The van der Waals surface area contributed by atoms with E-state index in [2.05, 4.69) is 26.0 Å². The molecule has 5 heteroatoms. The molecule has 0 amide bonds.